The Morgan fingerprint density at radius 2 is 1.77 bits per heavy atom. The second-order valence-electron chi connectivity index (χ2n) is 4.75. The minimum absolute atomic E-state index is 0.140. The van der Waals surface area contributed by atoms with Crippen molar-refractivity contribution in [3.63, 3.8) is 0 Å². The van der Waals surface area contributed by atoms with Gasteiger partial charge in [0.15, 0.2) is 20.6 Å². The maximum Gasteiger partial charge on any atom is 0.195 e. The maximum absolute atomic E-state index is 12.2. The third-order valence-corrected chi connectivity index (χ3v) is 6.02. The Morgan fingerprint density at radius 3 is 2.59 bits per heavy atom. The molecule has 0 bridgehead atoms. The summed E-state index contributed by atoms with van der Waals surface area (Å²) in [6, 6.07) is 14.3. The molecule has 0 atom stereocenters. The summed E-state index contributed by atoms with van der Waals surface area (Å²) in [6.45, 7) is 0. The van der Waals surface area contributed by atoms with E-state index in [-0.39, 0.29) is 5.75 Å². The van der Waals surface area contributed by atoms with Crippen molar-refractivity contribution in [1.29, 1.82) is 0 Å². The van der Waals surface area contributed by atoms with Crippen LogP contribution in [0.4, 0.5) is 0 Å². The largest absolute Gasteiger partial charge is 0.277 e. The molecule has 0 unspecified atom stereocenters. The van der Waals surface area contributed by atoms with Crippen molar-refractivity contribution in [3.8, 4) is 0 Å². The third-order valence-electron chi connectivity index (χ3n) is 3.17. The first-order valence-corrected chi connectivity index (χ1v) is 9.51. The van der Waals surface area contributed by atoms with Crippen LogP contribution in [0.2, 0.25) is 0 Å². The molecule has 0 fully saturated rings. The van der Waals surface area contributed by atoms with E-state index >= 15 is 0 Å². The molecular weight excluding hydrogens is 318 g/mol. The molecule has 0 aliphatic carbocycles. The monoisotopic (exact) mass is 333 g/mol. The number of thioether (sulfide) groups is 1. The molecule has 1 aromatic carbocycles. The molecule has 0 aliphatic rings. The highest BCUT2D eigenvalue weighted by molar-refractivity contribution is 7.99. The Bertz CT molecular complexity index is 861. The molecular formula is C15H15N3O2S2. The van der Waals surface area contributed by atoms with Gasteiger partial charge in [-0.2, -0.15) is 0 Å². The summed E-state index contributed by atoms with van der Waals surface area (Å²) in [4.78, 5) is 0.382. The molecule has 114 valence electrons. The van der Waals surface area contributed by atoms with Crippen molar-refractivity contribution < 1.29 is 8.42 Å². The van der Waals surface area contributed by atoms with Crippen molar-refractivity contribution in [1.82, 2.24) is 14.6 Å². The van der Waals surface area contributed by atoms with Crippen molar-refractivity contribution in [3.05, 3.63) is 54.7 Å². The Balaban J connectivity index is 1.58. The average Bonchev–Trinajstić information content (AvgIpc) is 2.96. The summed E-state index contributed by atoms with van der Waals surface area (Å²) in [6.07, 6.45) is 2.47. The van der Waals surface area contributed by atoms with Crippen LogP contribution in [0.1, 0.15) is 6.42 Å². The van der Waals surface area contributed by atoms with Gasteiger partial charge in [-0.25, -0.2) is 8.42 Å². The molecule has 3 aromatic rings. The van der Waals surface area contributed by atoms with Gasteiger partial charge in [-0.15, -0.1) is 10.2 Å². The third kappa shape index (κ3) is 3.31. The number of fused-ring (bicyclic) bond motifs is 1. The Labute approximate surface area is 133 Å². The Morgan fingerprint density at radius 1 is 1.00 bits per heavy atom. The van der Waals surface area contributed by atoms with Gasteiger partial charge in [0.2, 0.25) is 0 Å². The van der Waals surface area contributed by atoms with E-state index in [0.29, 0.717) is 17.1 Å². The summed E-state index contributed by atoms with van der Waals surface area (Å²) in [7, 11) is -3.20. The lowest BCUT2D eigenvalue weighted by Gasteiger charge is -2.04. The van der Waals surface area contributed by atoms with Gasteiger partial charge in [-0.1, -0.05) is 36.0 Å². The predicted molar refractivity (Wildman–Crippen MR) is 86.8 cm³/mol. The van der Waals surface area contributed by atoms with Gasteiger partial charge >= 0.3 is 0 Å². The average molecular weight is 333 g/mol. The SMILES string of the molecule is O=S(=O)(CCCSc1nnc2ccccn12)c1ccccc1. The molecule has 3 rings (SSSR count). The fourth-order valence-electron chi connectivity index (χ4n) is 2.08. The van der Waals surface area contributed by atoms with E-state index in [9.17, 15) is 8.42 Å². The van der Waals surface area contributed by atoms with Crippen LogP contribution in [0.25, 0.3) is 5.65 Å². The molecule has 0 aliphatic heterocycles. The minimum Gasteiger partial charge on any atom is -0.277 e. The van der Waals surface area contributed by atoms with Crippen molar-refractivity contribution in [2.75, 3.05) is 11.5 Å². The molecule has 5 nitrogen and oxygen atoms in total. The van der Waals surface area contributed by atoms with Gasteiger partial charge in [0.25, 0.3) is 0 Å². The topological polar surface area (TPSA) is 64.3 Å². The minimum atomic E-state index is -3.20. The smallest absolute Gasteiger partial charge is 0.195 e. The van der Waals surface area contributed by atoms with Gasteiger partial charge in [0.05, 0.1) is 10.6 Å². The molecule has 22 heavy (non-hydrogen) atoms. The standard InChI is InChI=1S/C15H15N3O2S2/c19-22(20,13-7-2-1-3-8-13)12-6-11-21-15-17-16-14-9-4-5-10-18(14)15/h1-5,7-10H,6,11-12H2. The van der Waals surface area contributed by atoms with Crippen LogP contribution in [-0.4, -0.2) is 34.5 Å². The summed E-state index contributed by atoms with van der Waals surface area (Å²) < 4.78 is 26.2. The first-order valence-electron chi connectivity index (χ1n) is 6.87. The summed E-state index contributed by atoms with van der Waals surface area (Å²) in [5, 5.41) is 8.97. The van der Waals surface area contributed by atoms with Crippen molar-refractivity contribution in [2.45, 2.75) is 16.5 Å². The van der Waals surface area contributed by atoms with Crippen LogP contribution in [0.15, 0.2) is 64.8 Å². The van der Waals surface area contributed by atoms with E-state index in [1.165, 1.54) is 11.8 Å². The van der Waals surface area contributed by atoms with Crippen LogP contribution in [0, 0.1) is 0 Å². The van der Waals surface area contributed by atoms with Gasteiger partial charge < -0.3 is 0 Å². The van der Waals surface area contributed by atoms with E-state index in [2.05, 4.69) is 10.2 Å². The fraction of sp³-hybridized carbons (Fsp3) is 0.200. The predicted octanol–water partition coefficient (Wildman–Crippen LogP) is 2.69. The number of hydrogen-bond donors (Lipinski definition) is 0. The molecule has 0 spiro atoms. The van der Waals surface area contributed by atoms with Crippen LogP contribution in [-0.2, 0) is 9.84 Å². The first kappa shape index (κ1) is 15.1. The second kappa shape index (κ2) is 6.50. The van der Waals surface area contributed by atoms with Gasteiger partial charge in [0.1, 0.15) is 0 Å². The highest BCUT2D eigenvalue weighted by Gasteiger charge is 2.13. The van der Waals surface area contributed by atoms with Crippen molar-refractivity contribution >= 4 is 27.2 Å². The van der Waals surface area contributed by atoms with E-state index < -0.39 is 9.84 Å². The van der Waals surface area contributed by atoms with Gasteiger partial charge in [-0.3, -0.25) is 4.40 Å². The molecule has 0 saturated carbocycles. The highest BCUT2D eigenvalue weighted by Crippen LogP contribution is 2.19. The van der Waals surface area contributed by atoms with Gasteiger partial charge in [-0.05, 0) is 30.7 Å². The number of sulfone groups is 1. The summed E-state index contributed by atoms with van der Waals surface area (Å²) >= 11 is 1.52. The molecule has 0 amide bonds. The lowest BCUT2D eigenvalue weighted by atomic mass is 10.4. The summed E-state index contributed by atoms with van der Waals surface area (Å²) in [5.74, 6) is 0.822. The van der Waals surface area contributed by atoms with Crippen LogP contribution in [0.5, 0.6) is 0 Å². The van der Waals surface area contributed by atoms with E-state index in [0.717, 1.165) is 10.8 Å². The number of nitrogens with zero attached hydrogens (tertiary/aromatic N) is 3. The number of pyridine rings is 1. The van der Waals surface area contributed by atoms with Gasteiger partial charge in [0, 0.05) is 11.9 Å². The van der Waals surface area contributed by atoms with E-state index in [1.807, 2.05) is 34.9 Å². The molecule has 0 N–H and O–H groups in total. The highest BCUT2D eigenvalue weighted by atomic mass is 32.2. The van der Waals surface area contributed by atoms with Crippen LogP contribution in [0.3, 0.4) is 0 Å². The normalized spacial score (nSPS) is 11.8. The molecule has 2 heterocycles. The van der Waals surface area contributed by atoms with Crippen LogP contribution >= 0.6 is 11.8 Å². The van der Waals surface area contributed by atoms with Crippen molar-refractivity contribution in [2.24, 2.45) is 0 Å². The lowest BCUT2D eigenvalue weighted by Crippen LogP contribution is -2.07. The van der Waals surface area contributed by atoms with E-state index in [4.69, 9.17) is 0 Å². The number of hydrogen-bond acceptors (Lipinski definition) is 5. The quantitative estimate of drug-likeness (QED) is 0.512. The molecule has 7 heteroatoms. The van der Waals surface area contributed by atoms with Crippen LogP contribution < -0.4 is 0 Å². The molecule has 0 radical (unpaired) electrons. The first-order chi connectivity index (χ1) is 10.7. The molecule has 0 saturated heterocycles. The number of rotatable bonds is 6. The zero-order chi connectivity index (χ0) is 15.4. The lowest BCUT2D eigenvalue weighted by molar-refractivity contribution is 0.595. The molecule has 2 aromatic heterocycles. The zero-order valence-corrected chi connectivity index (χ0v) is 13.4. The summed E-state index contributed by atoms with van der Waals surface area (Å²) in [5.41, 5.74) is 0.793. The number of aromatic nitrogens is 3. The number of benzene rings is 1. The Kier molecular flexibility index (Phi) is 4.44. The fourth-order valence-corrected chi connectivity index (χ4v) is 4.45. The second-order valence-corrected chi connectivity index (χ2v) is 7.92. The Hall–Kier alpha value is -1.86. The zero-order valence-electron chi connectivity index (χ0n) is 11.8. The van der Waals surface area contributed by atoms with E-state index in [1.54, 1.807) is 24.3 Å². The maximum atomic E-state index is 12.2.